The van der Waals surface area contributed by atoms with Gasteiger partial charge in [-0.05, 0) is 43.5 Å². The van der Waals surface area contributed by atoms with Gasteiger partial charge in [0.25, 0.3) is 0 Å². The van der Waals surface area contributed by atoms with E-state index in [1.54, 1.807) is 6.20 Å². The van der Waals surface area contributed by atoms with Gasteiger partial charge in [0, 0.05) is 33.4 Å². The number of hydrogen-bond donors (Lipinski definition) is 2. The number of anilines is 2. The van der Waals surface area contributed by atoms with Crippen LogP contribution in [0.1, 0.15) is 18.4 Å². The quantitative estimate of drug-likeness (QED) is 0.719. The molecule has 1 aromatic carbocycles. The molecule has 6 heteroatoms. The van der Waals surface area contributed by atoms with E-state index < -0.39 is 0 Å². The zero-order valence-electron chi connectivity index (χ0n) is 15.0. The average Bonchev–Trinajstić information content (AvgIpc) is 2.64. The standard InChI is InChI=1S/C19H27N5O/c1-24(2)18-10-13-22-19(23-18)21-12-5-11-20-14-16-9-8-15-6-3-4-7-17(15)25-16/h3-4,6-7,10,13,16,20H,5,8-9,11-12,14H2,1-2H3,(H,21,22,23). The fourth-order valence-corrected chi connectivity index (χ4v) is 2.88. The van der Waals surface area contributed by atoms with Crippen LogP contribution >= 0.6 is 0 Å². The Bertz CT molecular complexity index is 676. The fourth-order valence-electron chi connectivity index (χ4n) is 2.88. The SMILES string of the molecule is CN(C)c1ccnc(NCCCNCC2CCc3ccccc3O2)n1. The first-order chi connectivity index (χ1) is 12.2. The highest BCUT2D eigenvalue weighted by molar-refractivity contribution is 5.40. The highest BCUT2D eigenvalue weighted by Crippen LogP contribution is 2.26. The molecule has 25 heavy (non-hydrogen) atoms. The number of benzene rings is 1. The Morgan fingerprint density at radius 2 is 2.08 bits per heavy atom. The summed E-state index contributed by atoms with van der Waals surface area (Å²) in [5, 5.41) is 6.76. The molecule has 1 unspecified atom stereocenters. The Kier molecular flexibility index (Phi) is 6.06. The smallest absolute Gasteiger partial charge is 0.224 e. The Balaban J connectivity index is 1.31. The molecule has 2 aromatic rings. The third-order valence-corrected chi connectivity index (χ3v) is 4.29. The first-order valence-electron chi connectivity index (χ1n) is 8.92. The molecular weight excluding hydrogens is 314 g/mol. The topological polar surface area (TPSA) is 62.3 Å². The Morgan fingerprint density at radius 1 is 1.20 bits per heavy atom. The van der Waals surface area contributed by atoms with Crippen LogP contribution in [0.4, 0.5) is 11.8 Å². The van der Waals surface area contributed by atoms with E-state index in [2.05, 4.69) is 38.8 Å². The third-order valence-electron chi connectivity index (χ3n) is 4.29. The molecule has 0 bridgehead atoms. The summed E-state index contributed by atoms with van der Waals surface area (Å²) in [5.74, 6) is 2.63. The van der Waals surface area contributed by atoms with Crippen LogP contribution in [0.15, 0.2) is 36.5 Å². The molecule has 2 heterocycles. The van der Waals surface area contributed by atoms with Gasteiger partial charge in [0.15, 0.2) is 0 Å². The number of hydrogen-bond acceptors (Lipinski definition) is 6. The van der Waals surface area contributed by atoms with Crippen LogP contribution in [0, 0.1) is 0 Å². The van der Waals surface area contributed by atoms with E-state index in [9.17, 15) is 0 Å². The van der Waals surface area contributed by atoms with Crippen molar-refractivity contribution in [3.05, 3.63) is 42.1 Å². The Hall–Kier alpha value is -2.34. The van der Waals surface area contributed by atoms with Crippen LogP contribution in [0.3, 0.4) is 0 Å². The van der Waals surface area contributed by atoms with Gasteiger partial charge in [0.2, 0.25) is 5.95 Å². The first kappa shape index (κ1) is 17.5. The number of aryl methyl sites for hydroxylation is 1. The van der Waals surface area contributed by atoms with Crippen LogP contribution in [-0.2, 0) is 6.42 Å². The van der Waals surface area contributed by atoms with Gasteiger partial charge in [-0.3, -0.25) is 0 Å². The molecule has 0 saturated heterocycles. The van der Waals surface area contributed by atoms with Gasteiger partial charge in [-0.2, -0.15) is 4.98 Å². The van der Waals surface area contributed by atoms with Crippen molar-refractivity contribution in [3.63, 3.8) is 0 Å². The van der Waals surface area contributed by atoms with E-state index in [4.69, 9.17) is 4.74 Å². The van der Waals surface area contributed by atoms with E-state index >= 15 is 0 Å². The lowest BCUT2D eigenvalue weighted by Crippen LogP contribution is -2.35. The normalized spacial score (nSPS) is 16.0. The van der Waals surface area contributed by atoms with Crippen molar-refractivity contribution < 1.29 is 4.74 Å². The van der Waals surface area contributed by atoms with Crippen molar-refractivity contribution in [2.24, 2.45) is 0 Å². The summed E-state index contributed by atoms with van der Waals surface area (Å²) in [7, 11) is 3.95. The summed E-state index contributed by atoms with van der Waals surface area (Å²) in [5.41, 5.74) is 1.32. The van der Waals surface area contributed by atoms with Gasteiger partial charge in [-0.1, -0.05) is 18.2 Å². The molecule has 1 aliphatic heterocycles. The van der Waals surface area contributed by atoms with Crippen molar-refractivity contribution in [3.8, 4) is 5.75 Å². The Morgan fingerprint density at radius 3 is 2.96 bits per heavy atom. The first-order valence-corrected chi connectivity index (χ1v) is 8.92. The summed E-state index contributed by atoms with van der Waals surface area (Å²) in [4.78, 5) is 10.7. The predicted molar refractivity (Wildman–Crippen MR) is 102 cm³/mol. The average molecular weight is 341 g/mol. The predicted octanol–water partition coefficient (Wildman–Crippen LogP) is 2.33. The zero-order chi connectivity index (χ0) is 17.5. The van der Waals surface area contributed by atoms with Crippen LogP contribution in [0.25, 0.3) is 0 Å². The summed E-state index contributed by atoms with van der Waals surface area (Å²) >= 11 is 0. The molecule has 0 saturated carbocycles. The maximum Gasteiger partial charge on any atom is 0.224 e. The van der Waals surface area contributed by atoms with Gasteiger partial charge in [0.1, 0.15) is 17.7 Å². The van der Waals surface area contributed by atoms with Gasteiger partial charge in [-0.15, -0.1) is 0 Å². The third kappa shape index (κ3) is 5.06. The maximum atomic E-state index is 6.04. The van der Waals surface area contributed by atoms with E-state index in [0.717, 1.165) is 50.5 Å². The van der Waals surface area contributed by atoms with Crippen LogP contribution in [-0.4, -0.2) is 49.8 Å². The maximum absolute atomic E-state index is 6.04. The highest BCUT2D eigenvalue weighted by atomic mass is 16.5. The van der Waals surface area contributed by atoms with Crippen LogP contribution < -0.4 is 20.3 Å². The van der Waals surface area contributed by atoms with E-state index in [1.165, 1.54) is 5.56 Å². The van der Waals surface area contributed by atoms with Crippen molar-refractivity contribution in [1.29, 1.82) is 0 Å². The second kappa shape index (κ2) is 8.67. The van der Waals surface area contributed by atoms with E-state index in [-0.39, 0.29) is 6.10 Å². The molecule has 1 atom stereocenters. The second-order valence-electron chi connectivity index (χ2n) is 6.50. The summed E-state index contributed by atoms with van der Waals surface area (Å²) in [6.45, 7) is 2.68. The van der Waals surface area contributed by atoms with E-state index in [0.29, 0.717) is 5.95 Å². The van der Waals surface area contributed by atoms with Crippen molar-refractivity contribution in [2.45, 2.75) is 25.4 Å². The minimum Gasteiger partial charge on any atom is -0.489 e. The molecule has 0 aliphatic carbocycles. The molecule has 1 aromatic heterocycles. The number of para-hydroxylation sites is 1. The summed E-state index contributed by atoms with van der Waals surface area (Å²) < 4.78 is 6.04. The number of rotatable bonds is 8. The zero-order valence-corrected chi connectivity index (χ0v) is 15.0. The van der Waals surface area contributed by atoms with Gasteiger partial charge in [-0.25, -0.2) is 4.98 Å². The van der Waals surface area contributed by atoms with Crippen LogP contribution in [0.2, 0.25) is 0 Å². The molecule has 0 spiro atoms. The molecule has 2 N–H and O–H groups in total. The fraction of sp³-hybridized carbons (Fsp3) is 0.474. The lowest BCUT2D eigenvalue weighted by molar-refractivity contribution is 0.171. The second-order valence-corrected chi connectivity index (χ2v) is 6.50. The highest BCUT2D eigenvalue weighted by Gasteiger charge is 2.18. The Labute approximate surface area is 149 Å². The number of ether oxygens (including phenoxy) is 1. The van der Waals surface area contributed by atoms with Gasteiger partial charge < -0.3 is 20.3 Å². The molecule has 3 rings (SSSR count). The number of nitrogens with zero attached hydrogens (tertiary/aromatic N) is 3. The van der Waals surface area contributed by atoms with Crippen molar-refractivity contribution >= 4 is 11.8 Å². The largest absolute Gasteiger partial charge is 0.489 e. The number of fused-ring (bicyclic) bond motifs is 1. The minimum atomic E-state index is 0.267. The lowest BCUT2D eigenvalue weighted by Gasteiger charge is -2.26. The summed E-state index contributed by atoms with van der Waals surface area (Å²) in [6, 6.07) is 10.2. The van der Waals surface area contributed by atoms with Crippen molar-refractivity contribution in [2.75, 3.05) is 43.9 Å². The summed E-state index contributed by atoms with van der Waals surface area (Å²) in [6.07, 6.45) is 5.24. The molecular formula is C19H27N5O. The number of nitrogens with one attached hydrogen (secondary N) is 2. The molecule has 6 nitrogen and oxygen atoms in total. The molecule has 1 aliphatic rings. The molecule has 0 fully saturated rings. The van der Waals surface area contributed by atoms with Gasteiger partial charge in [0.05, 0.1) is 0 Å². The molecule has 0 amide bonds. The molecule has 134 valence electrons. The van der Waals surface area contributed by atoms with Gasteiger partial charge >= 0.3 is 0 Å². The number of aromatic nitrogens is 2. The molecule has 0 radical (unpaired) electrons. The lowest BCUT2D eigenvalue weighted by atomic mass is 10.0. The minimum absolute atomic E-state index is 0.267. The van der Waals surface area contributed by atoms with E-state index in [1.807, 2.05) is 31.1 Å². The monoisotopic (exact) mass is 341 g/mol. The van der Waals surface area contributed by atoms with Crippen LogP contribution in [0.5, 0.6) is 5.75 Å². The van der Waals surface area contributed by atoms with Crippen molar-refractivity contribution in [1.82, 2.24) is 15.3 Å².